The van der Waals surface area contributed by atoms with E-state index in [2.05, 4.69) is 45.0 Å². The molecule has 1 aromatic heterocycles. The fourth-order valence-electron chi connectivity index (χ4n) is 3.60. The number of carbonyl (C=O) groups is 1. The summed E-state index contributed by atoms with van der Waals surface area (Å²) in [6, 6.07) is 10.1. The maximum Gasteiger partial charge on any atom is 0.224 e. The van der Waals surface area contributed by atoms with E-state index in [9.17, 15) is 4.79 Å². The normalized spacial score (nSPS) is 14.1. The first-order valence-electron chi connectivity index (χ1n) is 10.3. The molecule has 1 amide bonds. The molecule has 0 radical (unpaired) electrons. The van der Waals surface area contributed by atoms with Crippen molar-refractivity contribution in [2.45, 2.75) is 52.4 Å². The predicted molar refractivity (Wildman–Crippen MR) is 114 cm³/mol. The van der Waals surface area contributed by atoms with Gasteiger partial charge in [0, 0.05) is 37.0 Å². The second-order valence-corrected chi connectivity index (χ2v) is 7.68. The number of hydrogen-bond acceptors (Lipinski definition) is 5. The van der Waals surface area contributed by atoms with Crippen LogP contribution < -0.4 is 16.0 Å². The van der Waals surface area contributed by atoms with Crippen LogP contribution in [0.15, 0.2) is 30.3 Å². The highest BCUT2D eigenvalue weighted by molar-refractivity contribution is 5.75. The number of aromatic nitrogens is 2. The molecule has 1 aliphatic carbocycles. The summed E-state index contributed by atoms with van der Waals surface area (Å²) in [6.07, 6.45) is 6.89. The molecule has 1 saturated carbocycles. The van der Waals surface area contributed by atoms with Crippen LogP contribution in [0, 0.1) is 19.8 Å². The number of aryl methyl sites for hydroxylation is 2. The molecule has 3 N–H and O–H groups in total. The predicted octanol–water partition coefficient (Wildman–Crippen LogP) is 4.34. The van der Waals surface area contributed by atoms with Gasteiger partial charge in [-0.05, 0) is 38.3 Å². The number of anilines is 3. The Balaban J connectivity index is 1.41. The average Bonchev–Trinajstić information content (AvgIpc) is 3.19. The van der Waals surface area contributed by atoms with Gasteiger partial charge in [0.1, 0.15) is 5.82 Å². The Hall–Kier alpha value is -2.63. The van der Waals surface area contributed by atoms with E-state index >= 15 is 0 Å². The zero-order valence-electron chi connectivity index (χ0n) is 16.9. The van der Waals surface area contributed by atoms with Gasteiger partial charge < -0.3 is 16.0 Å². The number of benzene rings is 1. The van der Waals surface area contributed by atoms with Crippen LogP contribution in [0.25, 0.3) is 0 Å². The molecular weight excluding hydrogens is 350 g/mol. The number of carbonyl (C=O) groups excluding carboxylic acids is 1. The fourth-order valence-corrected chi connectivity index (χ4v) is 3.60. The Labute approximate surface area is 167 Å². The van der Waals surface area contributed by atoms with Gasteiger partial charge in [-0.2, -0.15) is 4.98 Å². The van der Waals surface area contributed by atoms with Crippen molar-refractivity contribution in [2.24, 2.45) is 5.92 Å². The van der Waals surface area contributed by atoms with Gasteiger partial charge in [0.15, 0.2) is 0 Å². The lowest BCUT2D eigenvalue weighted by Gasteiger charge is -2.11. The van der Waals surface area contributed by atoms with Gasteiger partial charge in [0.2, 0.25) is 11.9 Å². The van der Waals surface area contributed by atoms with Gasteiger partial charge in [-0.25, -0.2) is 4.98 Å². The van der Waals surface area contributed by atoms with Crippen LogP contribution in [0.5, 0.6) is 0 Å². The molecule has 3 rings (SSSR count). The number of nitrogens with zero attached hydrogens (tertiary/aromatic N) is 2. The lowest BCUT2D eigenvalue weighted by molar-refractivity contribution is -0.121. The van der Waals surface area contributed by atoms with Crippen molar-refractivity contribution in [3.8, 4) is 0 Å². The van der Waals surface area contributed by atoms with E-state index in [0.717, 1.165) is 29.5 Å². The molecule has 1 aliphatic rings. The highest BCUT2D eigenvalue weighted by atomic mass is 16.1. The lowest BCUT2D eigenvalue weighted by atomic mass is 10.0. The molecule has 0 atom stereocenters. The second kappa shape index (κ2) is 10.1. The molecule has 0 unspecified atom stereocenters. The van der Waals surface area contributed by atoms with Crippen molar-refractivity contribution in [3.05, 3.63) is 41.6 Å². The van der Waals surface area contributed by atoms with Crippen LogP contribution in [0.2, 0.25) is 0 Å². The zero-order valence-corrected chi connectivity index (χ0v) is 16.9. The molecule has 1 fully saturated rings. The summed E-state index contributed by atoms with van der Waals surface area (Å²) in [5.74, 6) is 2.21. The third-order valence-electron chi connectivity index (χ3n) is 5.16. The van der Waals surface area contributed by atoms with Gasteiger partial charge in [-0.1, -0.05) is 43.4 Å². The molecular formula is C22H31N5O. The maximum absolute atomic E-state index is 12.0. The monoisotopic (exact) mass is 381 g/mol. The summed E-state index contributed by atoms with van der Waals surface area (Å²) in [7, 11) is 0. The Morgan fingerprint density at radius 2 is 1.82 bits per heavy atom. The van der Waals surface area contributed by atoms with Crippen LogP contribution in [-0.2, 0) is 4.79 Å². The molecule has 150 valence electrons. The van der Waals surface area contributed by atoms with Crippen molar-refractivity contribution in [1.29, 1.82) is 0 Å². The van der Waals surface area contributed by atoms with Crippen molar-refractivity contribution >= 4 is 23.4 Å². The van der Waals surface area contributed by atoms with Crippen LogP contribution in [0.1, 0.15) is 49.8 Å². The number of rotatable bonds is 9. The third kappa shape index (κ3) is 6.51. The number of amides is 1. The van der Waals surface area contributed by atoms with E-state index in [1.807, 2.05) is 25.1 Å². The first-order valence-corrected chi connectivity index (χ1v) is 10.3. The highest BCUT2D eigenvalue weighted by Crippen LogP contribution is 2.28. The van der Waals surface area contributed by atoms with Crippen LogP contribution in [0.4, 0.5) is 17.5 Å². The van der Waals surface area contributed by atoms with Gasteiger partial charge in [-0.15, -0.1) is 0 Å². The molecule has 0 spiro atoms. The minimum Gasteiger partial charge on any atom is -0.354 e. The Morgan fingerprint density at radius 1 is 1.07 bits per heavy atom. The topological polar surface area (TPSA) is 78.9 Å². The second-order valence-electron chi connectivity index (χ2n) is 7.68. The Bertz CT molecular complexity index is 769. The summed E-state index contributed by atoms with van der Waals surface area (Å²) in [5, 5.41) is 9.48. The number of hydrogen-bond donors (Lipinski definition) is 3. The van der Waals surface area contributed by atoms with E-state index in [-0.39, 0.29) is 5.91 Å². The number of nitrogens with one attached hydrogen (secondary N) is 3. The molecule has 0 bridgehead atoms. The maximum atomic E-state index is 12.0. The van der Waals surface area contributed by atoms with E-state index in [1.54, 1.807) is 0 Å². The lowest BCUT2D eigenvalue weighted by Crippen LogP contribution is -2.29. The molecule has 1 aromatic carbocycles. The largest absolute Gasteiger partial charge is 0.354 e. The average molecular weight is 382 g/mol. The van der Waals surface area contributed by atoms with Crippen LogP contribution in [-0.4, -0.2) is 29.0 Å². The van der Waals surface area contributed by atoms with Gasteiger partial charge in [0.05, 0.1) is 0 Å². The van der Waals surface area contributed by atoms with Crippen molar-refractivity contribution < 1.29 is 4.79 Å². The van der Waals surface area contributed by atoms with Gasteiger partial charge >= 0.3 is 0 Å². The molecule has 0 saturated heterocycles. The first kappa shape index (κ1) is 20.1. The van der Waals surface area contributed by atoms with E-state index in [1.165, 1.54) is 31.2 Å². The standard InChI is InChI=1S/C22H31N5O/c1-16-7-10-19(11-8-16)26-20-15-17(2)25-22(27-20)24-14-13-23-21(28)12-9-18-5-3-4-6-18/h7-8,10-11,15,18H,3-6,9,12-14H2,1-2H3,(H,23,28)(H2,24,25,26,27). The molecule has 0 aliphatic heterocycles. The van der Waals surface area contributed by atoms with Crippen molar-refractivity contribution in [2.75, 3.05) is 23.7 Å². The van der Waals surface area contributed by atoms with Crippen LogP contribution >= 0.6 is 0 Å². The fraction of sp³-hybridized carbons (Fsp3) is 0.500. The smallest absolute Gasteiger partial charge is 0.224 e. The minimum absolute atomic E-state index is 0.139. The molecule has 28 heavy (non-hydrogen) atoms. The third-order valence-corrected chi connectivity index (χ3v) is 5.16. The quantitative estimate of drug-likeness (QED) is 0.563. The molecule has 6 heteroatoms. The summed E-state index contributed by atoms with van der Waals surface area (Å²) in [5.41, 5.74) is 3.09. The summed E-state index contributed by atoms with van der Waals surface area (Å²) in [4.78, 5) is 20.9. The minimum atomic E-state index is 0.139. The molecule has 1 heterocycles. The Kier molecular flexibility index (Phi) is 7.23. The zero-order chi connectivity index (χ0) is 19.8. The van der Waals surface area contributed by atoms with E-state index < -0.39 is 0 Å². The van der Waals surface area contributed by atoms with E-state index in [4.69, 9.17) is 0 Å². The summed E-state index contributed by atoms with van der Waals surface area (Å²) >= 11 is 0. The summed E-state index contributed by atoms with van der Waals surface area (Å²) in [6.45, 7) is 5.18. The molecule has 6 nitrogen and oxygen atoms in total. The highest BCUT2D eigenvalue weighted by Gasteiger charge is 2.15. The van der Waals surface area contributed by atoms with Crippen LogP contribution in [0.3, 0.4) is 0 Å². The van der Waals surface area contributed by atoms with Gasteiger partial charge in [0.25, 0.3) is 0 Å². The van der Waals surface area contributed by atoms with E-state index in [0.29, 0.717) is 25.5 Å². The molecule has 2 aromatic rings. The van der Waals surface area contributed by atoms with Gasteiger partial charge in [-0.3, -0.25) is 4.79 Å². The summed E-state index contributed by atoms with van der Waals surface area (Å²) < 4.78 is 0. The van der Waals surface area contributed by atoms with Crippen molar-refractivity contribution in [3.63, 3.8) is 0 Å². The SMILES string of the molecule is Cc1ccc(Nc2cc(C)nc(NCCNC(=O)CCC3CCCC3)n2)cc1. The Morgan fingerprint density at radius 3 is 2.57 bits per heavy atom. The first-order chi connectivity index (χ1) is 13.6. The van der Waals surface area contributed by atoms with Crippen molar-refractivity contribution in [1.82, 2.24) is 15.3 Å².